The topological polar surface area (TPSA) is 53.0 Å². The van der Waals surface area contributed by atoms with Crippen LogP contribution in [-0.4, -0.2) is 49.2 Å². The van der Waals surface area contributed by atoms with Gasteiger partial charge in [-0.15, -0.1) is 0 Å². The Bertz CT molecular complexity index is 665. The molecule has 24 heavy (non-hydrogen) atoms. The van der Waals surface area contributed by atoms with Crippen molar-refractivity contribution in [2.24, 2.45) is 0 Å². The lowest BCUT2D eigenvalue weighted by Gasteiger charge is -2.37. The molecule has 0 bridgehead atoms. The molecule has 1 saturated heterocycles. The van der Waals surface area contributed by atoms with Gasteiger partial charge in [0.05, 0.1) is 7.11 Å². The van der Waals surface area contributed by atoms with Crippen LogP contribution in [0.4, 0.5) is 5.69 Å². The molecule has 1 N–H and O–H groups in total. The number of anilines is 1. The number of amides is 1. The van der Waals surface area contributed by atoms with Crippen molar-refractivity contribution in [2.45, 2.75) is 6.10 Å². The second-order valence-electron chi connectivity index (χ2n) is 5.82. The predicted octanol–water partition coefficient (Wildman–Crippen LogP) is 2.08. The Balaban J connectivity index is 1.59. The van der Waals surface area contributed by atoms with Gasteiger partial charge in [0.15, 0.2) is 6.10 Å². The zero-order valence-electron chi connectivity index (χ0n) is 13.8. The van der Waals surface area contributed by atoms with E-state index in [9.17, 15) is 9.90 Å². The van der Waals surface area contributed by atoms with Gasteiger partial charge in [0, 0.05) is 31.9 Å². The van der Waals surface area contributed by atoms with Crippen molar-refractivity contribution in [3.63, 3.8) is 0 Å². The largest absolute Gasteiger partial charge is 0.497 e. The summed E-state index contributed by atoms with van der Waals surface area (Å²) in [5, 5.41) is 10.3. The molecule has 0 aromatic heterocycles. The molecule has 1 fully saturated rings. The maximum absolute atomic E-state index is 12.5. The van der Waals surface area contributed by atoms with Crippen molar-refractivity contribution in [2.75, 3.05) is 38.2 Å². The number of methoxy groups -OCH3 is 1. The molecule has 0 aliphatic carbocycles. The average molecular weight is 326 g/mol. The van der Waals surface area contributed by atoms with Gasteiger partial charge in [-0.3, -0.25) is 4.79 Å². The molecule has 1 amide bonds. The van der Waals surface area contributed by atoms with Gasteiger partial charge >= 0.3 is 0 Å². The van der Waals surface area contributed by atoms with Crippen LogP contribution in [0.1, 0.15) is 11.7 Å². The minimum absolute atomic E-state index is 0.226. The van der Waals surface area contributed by atoms with Crippen LogP contribution >= 0.6 is 0 Å². The number of rotatable bonds is 4. The van der Waals surface area contributed by atoms with Crippen LogP contribution in [0.25, 0.3) is 0 Å². The second-order valence-corrected chi connectivity index (χ2v) is 5.82. The molecule has 5 heteroatoms. The van der Waals surface area contributed by atoms with Crippen LogP contribution in [0.2, 0.25) is 0 Å². The summed E-state index contributed by atoms with van der Waals surface area (Å²) in [6, 6.07) is 17.0. The summed E-state index contributed by atoms with van der Waals surface area (Å²) in [6.07, 6.45) is -1.08. The second kappa shape index (κ2) is 7.36. The minimum atomic E-state index is -1.08. The van der Waals surface area contributed by atoms with Crippen molar-refractivity contribution in [3.8, 4) is 5.75 Å². The van der Waals surface area contributed by atoms with Crippen LogP contribution in [0.3, 0.4) is 0 Å². The quantitative estimate of drug-likeness (QED) is 0.935. The first-order chi connectivity index (χ1) is 11.7. The molecule has 5 nitrogen and oxygen atoms in total. The molecule has 0 radical (unpaired) electrons. The van der Waals surface area contributed by atoms with E-state index in [1.54, 1.807) is 24.1 Å². The van der Waals surface area contributed by atoms with Gasteiger partial charge in [0.1, 0.15) is 5.75 Å². The molecule has 0 spiro atoms. The third kappa shape index (κ3) is 3.51. The summed E-state index contributed by atoms with van der Waals surface area (Å²) in [5.74, 6) is 0.606. The molecule has 1 aliphatic rings. The van der Waals surface area contributed by atoms with E-state index in [0.29, 0.717) is 18.7 Å². The van der Waals surface area contributed by atoms with E-state index >= 15 is 0 Å². The van der Waals surface area contributed by atoms with E-state index in [2.05, 4.69) is 4.90 Å². The smallest absolute Gasteiger partial charge is 0.256 e. The fraction of sp³-hybridized carbons (Fsp3) is 0.316. The molecule has 126 valence electrons. The summed E-state index contributed by atoms with van der Waals surface area (Å²) < 4.78 is 5.17. The first-order valence-electron chi connectivity index (χ1n) is 8.10. The fourth-order valence-corrected chi connectivity index (χ4v) is 2.93. The van der Waals surface area contributed by atoms with Crippen molar-refractivity contribution in [1.82, 2.24) is 4.90 Å². The lowest BCUT2D eigenvalue weighted by atomic mass is 10.1. The van der Waals surface area contributed by atoms with Crippen LogP contribution in [-0.2, 0) is 4.79 Å². The molecule has 2 aromatic carbocycles. The Morgan fingerprint density at radius 3 is 2.21 bits per heavy atom. The predicted molar refractivity (Wildman–Crippen MR) is 93.2 cm³/mol. The Morgan fingerprint density at radius 1 is 1.00 bits per heavy atom. The number of hydrogen-bond donors (Lipinski definition) is 1. The van der Waals surface area contributed by atoms with E-state index < -0.39 is 6.10 Å². The van der Waals surface area contributed by atoms with E-state index in [-0.39, 0.29) is 5.91 Å². The van der Waals surface area contributed by atoms with Gasteiger partial charge in [0.2, 0.25) is 0 Å². The number of aliphatic hydroxyl groups excluding tert-OH is 1. The monoisotopic (exact) mass is 326 g/mol. The normalized spacial score (nSPS) is 15.9. The Kier molecular flexibility index (Phi) is 5.01. The standard InChI is InChI=1S/C19H22N2O3/c1-24-17-9-7-16(8-10-17)20-11-13-21(14-12-20)19(23)18(22)15-5-3-2-4-6-15/h2-10,18,22H,11-14H2,1H3. The van der Waals surface area contributed by atoms with Gasteiger partial charge in [0.25, 0.3) is 5.91 Å². The highest BCUT2D eigenvalue weighted by Crippen LogP contribution is 2.22. The number of carbonyl (C=O) groups is 1. The van der Waals surface area contributed by atoms with Gasteiger partial charge in [-0.05, 0) is 29.8 Å². The number of carbonyl (C=O) groups excluding carboxylic acids is 1. The molecule has 1 atom stereocenters. The van der Waals surface area contributed by atoms with Gasteiger partial charge in [-0.1, -0.05) is 30.3 Å². The third-order valence-electron chi connectivity index (χ3n) is 4.38. The average Bonchev–Trinajstić information content (AvgIpc) is 2.68. The zero-order chi connectivity index (χ0) is 16.9. The van der Waals surface area contributed by atoms with Crippen molar-refractivity contribution < 1.29 is 14.6 Å². The summed E-state index contributed by atoms with van der Waals surface area (Å²) in [5.41, 5.74) is 1.76. The summed E-state index contributed by atoms with van der Waals surface area (Å²) in [4.78, 5) is 16.4. The highest BCUT2D eigenvalue weighted by atomic mass is 16.5. The SMILES string of the molecule is COc1ccc(N2CCN(C(=O)C(O)c3ccccc3)CC2)cc1. The Hall–Kier alpha value is -2.53. The number of piperazine rings is 1. The molecule has 2 aromatic rings. The van der Waals surface area contributed by atoms with Crippen LogP contribution in [0.5, 0.6) is 5.75 Å². The Morgan fingerprint density at radius 2 is 1.62 bits per heavy atom. The molecule has 1 heterocycles. The van der Waals surface area contributed by atoms with E-state index in [4.69, 9.17) is 4.74 Å². The van der Waals surface area contributed by atoms with Crippen LogP contribution in [0.15, 0.2) is 54.6 Å². The van der Waals surface area contributed by atoms with E-state index in [0.717, 1.165) is 24.5 Å². The number of nitrogens with zero attached hydrogens (tertiary/aromatic N) is 2. The number of benzene rings is 2. The molecular formula is C19H22N2O3. The molecule has 1 unspecified atom stereocenters. The van der Waals surface area contributed by atoms with Crippen molar-refractivity contribution >= 4 is 11.6 Å². The summed E-state index contributed by atoms with van der Waals surface area (Å²) >= 11 is 0. The molecule has 3 rings (SSSR count). The van der Waals surface area contributed by atoms with E-state index in [1.807, 2.05) is 42.5 Å². The lowest BCUT2D eigenvalue weighted by Crippen LogP contribution is -2.50. The third-order valence-corrected chi connectivity index (χ3v) is 4.38. The van der Waals surface area contributed by atoms with Crippen LogP contribution < -0.4 is 9.64 Å². The van der Waals surface area contributed by atoms with Gasteiger partial charge < -0.3 is 19.6 Å². The molecular weight excluding hydrogens is 304 g/mol. The highest BCUT2D eigenvalue weighted by molar-refractivity contribution is 5.82. The maximum atomic E-state index is 12.5. The van der Waals surface area contributed by atoms with Crippen molar-refractivity contribution in [1.29, 1.82) is 0 Å². The molecule has 0 saturated carbocycles. The Labute approximate surface area is 142 Å². The first-order valence-corrected chi connectivity index (χ1v) is 8.10. The number of ether oxygens (including phenoxy) is 1. The summed E-state index contributed by atoms with van der Waals surface area (Å²) in [6.45, 7) is 2.71. The minimum Gasteiger partial charge on any atom is -0.497 e. The number of hydrogen-bond acceptors (Lipinski definition) is 4. The van der Waals surface area contributed by atoms with Crippen molar-refractivity contribution in [3.05, 3.63) is 60.2 Å². The lowest BCUT2D eigenvalue weighted by molar-refractivity contribution is -0.140. The zero-order valence-corrected chi connectivity index (χ0v) is 13.8. The highest BCUT2D eigenvalue weighted by Gasteiger charge is 2.27. The summed E-state index contributed by atoms with van der Waals surface area (Å²) in [7, 11) is 1.65. The maximum Gasteiger partial charge on any atom is 0.256 e. The van der Waals surface area contributed by atoms with Crippen LogP contribution in [0, 0.1) is 0 Å². The van der Waals surface area contributed by atoms with Gasteiger partial charge in [-0.25, -0.2) is 0 Å². The number of aliphatic hydroxyl groups is 1. The molecule has 1 aliphatic heterocycles. The van der Waals surface area contributed by atoms with E-state index in [1.165, 1.54) is 0 Å². The first kappa shape index (κ1) is 16.3. The van der Waals surface area contributed by atoms with Gasteiger partial charge in [-0.2, -0.15) is 0 Å². The fourth-order valence-electron chi connectivity index (χ4n) is 2.93.